The van der Waals surface area contributed by atoms with Crippen LogP contribution in [-0.2, 0) is 11.2 Å². The van der Waals surface area contributed by atoms with Gasteiger partial charge in [-0.3, -0.25) is 4.79 Å². The van der Waals surface area contributed by atoms with Crippen molar-refractivity contribution >= 4 is 11.9 Å². The molecule has 1 aliphatic carbocycles. The van der Waals surface area contributed by atoms with Gasteiger partial charge in [0.1, 0.15) is 11.5 Å². The van der Waals surface area contributed by atoms with Gasteiger partial charge in [-0.05, 0) is 31.2 Å². The number of aryl methyl sites for hydroxylation is 1. The monoisotopic (exact) mass is 321 g/mol. The minimum Gasteiger partial charge on any atom is -0.466 e. The zero-order valence-electron chi connectivity index (χ0n) is 14.4. The van der Waals surface area contributed by atoms with Crippen molar-refractivity contribution in [3.8, 4) is 0 Å². The molecule has 0 fully saturated rings. The molecule has 1 heterocycles. The highest BCUT2D eigenvalue weighted by Crippen LogP contribution is 2.41. The van der Waals surface area contributed by atoms with Crippen molar-refractivity contribution in [2.75, 3.05) is 13.1 Å². The zero-order chi connectivity index (χ0) is 17.0. The first kappa shape index (κ1) is 17.4. The molecule has 0 spiro atoms. The van der Waals surface area contributed by atoms with E-state index >= 15 is 0 Å². The lowest BCUT2D eigenvalue weighted by molar-refractivity contribution is -0.118. The molecule has 0 saturated carbocycles. The Morgan fingerprint density at radius 2 is 2.00 bits per heavy atom. The van der Waals surface area contributed by atoms with E-state index in [2.05, 4.69) is 29.8 Å². The first-order chi connectivity index (χ1) is 10.8. The maximum atomic E-state index is 12.1. The van der Waals surface area contributed by atoms with Crippen LogP contribution < -0.4 is 16.0 Å². The number of amides is 3. The molecule has 0 aliphatic heterocycles. The van der Waals surface area contributed by atoms with E-state index in [0.29, 0.717) is 19.5 Å². The van der Waals surface area contributed by atoms with E-state index in [-0.39, 0.29) is 23.4 Å². The first-order valence-electron chi connectivity index (χ1n) is 8.15. The third-order valence-corrected chi connectivity index (χ3v) is 4.05. The Kier molecular flexibility index (Phi) is 5.34. The van der Waals surface area contributed by atoms with E-state index in [1.165, 1.54) is 6.92 Å². The van der Waals surface area contributed by atoms with Gasteiger partial charge in [-0.25, -0.2) is 4.79 Å². The lowest BCUT2D eigenvalue weighted by atomic mass is 9.75. The molecule has 1 aromatic heterocycles. The van der Waals surface area contributed by atoms with Crippen LogP contribution in [0.3, 0.4) is 0 Å². The normalized spacial score (nSPS) is 18.9. The standard InChI is InChI=1S/C17H27N3O3/c1-11-8-13-14(9-17(3,4)10-15(13)23-11)20-16(22)19-7-5-6-18-12(2)21/h8,14H,5-7,9-10H2,1-4H3,(H,18,21)(H2,19,20,22)/t14-/m0/s1. The Labute approximate surface area is 137 Å². The molecule has 3 amide bonds. The second-order valence-electron chi connectivity index (χ2n) is 7.07. The number of hydrogen-bond donors (Lipinski definition) is 3. The molecule has 3 N–H and O–H groups in total. The van der Waals surface area contributed by atoms with Crippen LogP contribution in [0.15, 0.2) is 10.5 Å². The maximum Gasteiger partial charge on any atom is 0.315 e. The average molecular weight is 321 g/mol. The largest absolute Gasteiger partial charge is 0.466 e. The minimum absolute atomic E-state index is 0.0263. The molecule has 1 atom stereocenters. The molecule has 1 aromatic rings. The van der Waals surface area contributed by atoms with Crippen LogP contribution in [-0.4, -0.2) is 25.0 Å². The Balaban J connectivity index is 1.86. The van der Waals surface area contributed by atoms with E-state index in [0.717, 1.165) is 29.9 Å². The summed E-state index contributed by atoms with van der Waals surface area (Å²) in [6, 6.07) is 1.81. The fourth-order valence-electron chi connectivity index (χ4n) is 3.08. The fourth-order valence-corrected chi connectivity index (χ4v) is 3.08. The van der Waals surface area contributed by atoms with E-state index in [4.69, 9.17) is 4.42 Å². The predicted octanol–water partition coefficient (Wildman–Crippen LogP) is 2.43. The lowest BCUT2D eigenvalue weighted by Crippen LogP contribution is -2.42. The fraction of sp³-hybridized carbons (Fsp3) is 0.647. The lowest BCUT2D eigenvalue weighted by Gasteiger charge is -2.34. The van der Waals surface area contributed by atoms with E-state index in [9.17, 15) is 9.59 Å². The first-order valence-corrected chi connectivity index (χ1v) is 8.15. The number of furan rings is 1. The molecular weight excluding hydrogens is 294 g/mol. The van der Waals surface area contributed by atoms with Crippen LogP contribution >= 0.6 is 0 Å². The van der Waals surface area contributed by atoms with Crippen LogP contribution in [0.5, 0.6) is 0 Å². The van der Waals surface area contributed by atoms with Crippen LogP contribution in [0.1, 0.15) is 56.7 Å². The summed E-state index contributed by atoms with van der Waals surface area (Å²) in [5, 5.41) is 8.59. The highest BCUT2D eigenvalue weighted by atomic mass is 16.3. The second kappa shape index (κ2) is 7.06. The SMILES string of the molecule is CC(=O)NCCCNC(=O)N[C@H]1CC(C)(C)Cc2oc(C)cc21. The quantitative estimate of drug-likeness (QED) is 0.728. The number of nitrogens with one attached hydrogen (secondary N) is 3. The van der Waals surface area contributed by atoms with Crippen molar-refractivity contribution in [1.82, 2.24) is 16.0 Å². The zero-order valence-corrected chi connectivity index (χ0v) is 14.4. The molecule has 2 rings (SSSR count). The number of carbonyl (C=O) groups excluding carboxylic acids is 2. The highest BCUT2D eigenvalue weighted by Gasteiger charge is 2.35. The molecule has 0 saturated heterocycles. The van der Waals surface area contributed by atoms with Gasteiger partial charge in [0.2, 0.25) is 5.91 Å². The smallest absolute Gasteiger partial charge is 0.315 e. The predicted molar refractivity (Wildman–Crippen MR) is 88.1 cm³/mol. The third kappa shape index (κ3) is 5.01. The molecule has 6 heteroatoms. The molecule has 23 heavy (non-hydrogen) atoms. The van der Waals surface area contributed by atoms with Crippen molar-refractivity contribution in [1.29, 1.82) is 0 Å². The highest BCUT2D eigenvalue weighted by molar-refractivity contribution is 5.74. The number of urea groups is 1. The summed E-state index contributed by atoms with van der Waals surface area (Å²) < 4.78 is 5.78. The van der Waals surface area contributed by atoms with E-state index in [1.807, 2.05) is 13.0 Å². The van der Waals surface area contributed by atoms with Gasteiger partial charge in [-0.2, -0.15) is 0 Å². The average Bonchev–Trinajstić information content (AvgIpc) is 2.77. The van der Waals surface area contributed by atoms with Gasteiger partial charge < -0.3 is 20.4 Å². The molecule has 0 bridgehead atoms. The van der Waals surface area contributed by atoms with E-state index < -0.39 is 0 Å². The molecule has 0 aromatic carbocycles. The summed E-state index contributed by atoms with van der Waals surface area (Å²) in [5.74, 6) is 1.81. The second-order valence-corrected chi connectivity index (χ2v) is 7.07. The third-order valence-electron chi connectivity index (χ3n) is 4.05. The number of fused-ring (bicyclic) bond motifs is 1. The van der Waals surface area contributed by atoms with Crippen LogP contribution in [0, 0.1) is 12.3 Å². The van der Waals surface area contributed by atoms with Crippen molar-refractivity contribution in [2.45, 2.75) is 53.0 Å². The summed E-state index contributed by atoms with van der Waals surface area (Å²) in [6.07, 6.45) is 2.49. The van der Waals surface area contributed by atoms with Gasteiger partial charge in [-0.1, -0.05) is 13.8 Å². The van der Waals surface area contributed by atoms with Crippen LogP contribution in [0.2, 0.25) is 0 Å². The summed E-state index contributed by atoms with van der Waals surface area (Å²) in [6.45, 7) is 8.89. The molecule has 6 nitrogen and oxygen atoms in total. The Hall–Kier alpha value is -1.98. The summed E-state index contributed by atoms with van der Waals surface area (Å²) in [5.41, 5.74) is 1.19. The topological polar surface area (TPSA) is 83.4 Å². The van der Waals surface area contributed by atoms with Gasteiger partial charge in [0.15, 0.2) is 0 Å². The molecule has 0 radical (unpaired) electrons. The maximum absolute atomic E-state index is 12.1. The van der Waals surface area contributed by atoms with E-state index in [1.54, 1.807) is 0 Å². The Morgan fingerprint density at radius 3 is 2.70 bits per heavy atom. The van der Waals surface area contributed by atoms with Gasteiger partial charge >= 0.3 is 6.03 Å². The van der Waals surface area contributed by atoms with Gasteiger partial charge in [0.25, 0.3) is 0 Å². The van der Waals surface area contributed by atoms with Gasteiger partial charge in [-0.15, -0.1) is 0 Å². The van der Waals surface area contributed by atoms with Crippen molar-refractivity contribution in [3.05, 3.63) is 23.2 Å². The molecule has 128 valence electrons. The minimum atomic E-state index is -0.180. The van der Waals surface area contributed by atoms with Crippen molar-refractivity contribution < 1.29 is 14.0 Å². The van der Waals surface area contributed by atoms with Gasteiger partial charge in [0.05, 0.1) is 6.04 Å². The summed E-state index contributed by atoms with van der Waals surface area (Å²) in [7, 11) is 0. The molecule has 0 unspecified atom stereocenters. The molecule has 1 aliphatic rings. The summed E-state index contributed by atoms with van der Waals surface area (Å²) in [4.78, 5) is 22.9. The van der Waals surface area contributed by atoms with Crippen LogP contribution in [0.25, 0.3) is 0 Å². The number of hydrogen-bond acceptors (Lipinski definition) is 3. The van der Waals surface area contributed by atoms with Gasteiger partial charge in [0, 0.05) is 32.0 Å². The molecular formula is C17H27N3O3. The summed E-state index contributed by atoms with van der Waals surface area (Å²) >= 11 is 0. The van der Waals surface area contributed by atoms with Crippen molar-refractivity contribution in [3.63, 3.8) is 0 Å². The number of carbonyl (C=O) groups is 2. The Morgan fingerprint density at radius 1 is 1.30 bits per heavy atom. The number of rotatable bonds is 5. The van der Waals surface area contributed by atoms with Crippen LogP contribution in [0.4, 0.5) is 4.79 Å². The Bertz CT molecular complexity index is 578. The van der Waals surface area contributed by atoms with Crippen molar-refractivity contribution in [2.24, 2.45) is 5.41 Å².